The highest BCUT2D eigenvalue weighted by atomic mass is 32.2. The van der Waals surface area contributed by atoms with E-state index in [1.165, 1.54) is 17.4 Å². The second-order valence-electron chi connectivity index (χ2n) is 5.41. The lowest BCUT2D eigenvalue weighted by molar-refractivity contribution is 0.0527. The summed E-state index contributed by atoms with van der Waals surface area (Å²) >= 11 is 2.17. The van der Waals surface area contributed by atoms with Gasteiger partial charge in [0.05, 0.1) is 23.9 Å². The molecule has 0 aliphatic carbocycles. The molecule has 2 aromatic heterocycles. The maximum atomic E-state index is 12.9. The van der Waals surface area contributed by atoms with E-state index in [1.807, 2.05) is 13.8 Å². The predicted molar refractivity (Wildman–Crippen MR) is 103 cm³/mol. The van der Waals surface area contributed by atoms with E-state index in [1.54, 1.807) is 19.1 Å². The number of anilines is 1. The molecule has 1 aromatic carbocycles. The SMILES string of the molecule is CCOC(=O)c1c(NS(=O)(=O)c2cccc3nsnc23)sc(C)c1CC. The molecular formula is C16H17N3O4S3. The lowest BCUT2D eigenvalue weighted by Crippen LogP contribution is -2.16. The van der Waals surface area contributed by atoms with E-state index < -0.39 is 16.0 Å². The number of esters is 1. The fourth-order valence-corrected chi connectivity index (χ4v) is 5.88. The van der Waals surface area contributed by atoms with Crippen molar-refractivity contribution >= 4 is 55.1 Å². The minimum atomic E-state index is -3.94. The van der Waals surface area contributed by atoms with E-state index in [9.17, 15) is 13.2 Å². The van der Waals surface area contributed by atoms with Crippen molar-refractivity contribution in [3.63, 3.8) is 0 Å². The third kappa shape index (κ3) is 3.31. The van der Waals surface area contributed by atoms with Crippen LogP contribution in [0, 0.1) is 6.92 Å². The number of aryl methyl sites for hydroxylation is 1. The normalized spacial score (nSPS) is 11.7. The standard InChI is InChI=1S/C16H17N3O4S3/c1-4-10-9(3)24-15(13(10)16(20)23-5-2)19-26(21,22)12-8-6-7-11-14(12)18-25-17-11/h6-8,19H,4-5H2,1-3H3. The first kappa shape index (κ1) is 18.7. The van der Waals surface area contributed by atoms with Gasteiger partial charge < -0.3 is 4.74 Å². The number of ether oxygens (including phenoxy) is 1. The molecule has 3 aromatic rings. The van der Waals surface area contributed by atoms with Gasteiger partial charge in [-0.2, -0.15) is 8.75 Å². The average molecular weight is 412 g/mol. The quantitative estimate of drug-likeness (QED) is 0.622. The number of nitrogens with zero attached hydrogens (tertiary/aromatic N) is 2. The van der Waals surface area contributed by atoms with E-state index in [0.29, 0.717) is 17.5 Å². The number of carbonyl (C=O) groups is 1. The van der Waals surface area contributed by atoms with Gasteiger partial charge in [-0.1, -0.05) is 13.0 Å². The van der Waals surface area contributed by atoms with Crippen LogP contribution in [0.1, 0.15) is 34.6 Å². The largest absolute Gasteiger partial charge is 0.462 e. The molecule has 0 bridgehead atoms. The summed E-state index contributed by atoms with van der Waals surface area (Å²) in [5.74, 6) is -0.528. The molecule has 0 aliphatic heterocycles. The Morgan fingerprint density at radius 2 is 2.04 bits per heavy atom. The fourth-order valence-electron chi connectivity index (χ4n) is 2.67. The molecule has 10 heteroatoms. The molecular weight excluding hydrogens is 394 g/mol. The van der Waals surface area contributed by atoms with Gasteiger partial charge >= 0.3 is 5.97 Å². The van der Waals surface area contributed by atoms with Crippen molar-refractivity contribution in [2.45, 2.75) is 32.1 Å². The van der Waals surface area contributed by atoms with Gasteiger partial charge in [-0.3, -0.25) is 4.72 Å². The van der Waals surface area contributed by atoms with Crippen LogP contribution < -0.4 is 4.72 Å². The third-order valence-corrected chi connectivity index (χ3v) is 6.92. The van der Waals surface area contributed by atoms with Crippen LogP contribution in [0.25, 0.3) is 11.0 Å². The Bertz CT molecular complexity index is 1070. The summed E-state index contributed by atoms with van der Waals surface area (Å²) in [4.78, 5) is 13.3. The van der Waals surface area contributed by atoms with Crippen molar-refractivity contribution in [3.8, 4) is 0 Å². The highest BCUT2D eigenvalue weighted by molar-refractivity contribution is 7.93. The van der Waals surface area contributed by atoms with Crippen molar-refractivity contribution in [2.24, 2.45) is 0 Å². The monoisotopic (exact) mass is 411 g/mol. The summed E-state index contributed by atoms with van der Waals surface area (Å²) in [5, 5.41) is 0.262. The maximum absolute atomic E-state index is 12.9. The molecule has 0 fully saturated rings. The van der Waals surface area contributed by atoms with Gasteiger partial charge in [0.25, 0.3) is 10.0 Å². The van der Waals surface area contributed by atoms with E-state index in [2.05, 4.69) is 13.5 Å². The van der Waals surface area contributed by atoms with Crippen LogP contribution >= 0.6 is 23.1 Å². The molecule has 26 heavy (non-hydrogen) atoms. The zero-order chi connectivity index (χ0) is 18.9. The molecule has 3 rings (SSSR count). The van der Waals surface area contributed by atoms with Gasteiger partial charge in [0.1, 0.15) is 20.9 Å². The number of aromatic nitrogens is 2. The van der Waals surface area contributed by atoms with Gasteiger partial charge in [0.2, 0.25) is 0 Å². The van der Waals surface area contributed by atoms with Crippen LogP contribution in [-0.4, -0.2) is 29.7 Å². The average Bonchev–Trinajstić information content (AvgIpc) is 3.18. The topological polar surface area (TPSA) is 98.2 Å². The molecule has 0 unspecified atom stereocenters. The van der Waals surface area contributed by atoms with Crippen molar-refractivity contribution in [2.75, 3.05) is 11.3 Å². The van der Waals surface area contributed by atoms with Crippen LogP contribution in [0.4, 0.5) is 5.00 Å². The van der Waals surface area contributed by atoms with Gasteiger partial charge in [-0.05, 0) is 38.0 Å². The Morgan fingerprint density at radius 1 is 1.27 bits per heavy atom. The number of nitrogens with one attached hydrogen (secondary N) is 1. The molecule has 138 valence electrons. The number of hydrogen-bond acceptors (Lipinski definition) is 8. The van der Waals surface area contributed by atoms with E-state index in [4.69, 9.17) is 4.74 Å². The number of thiophene rings is 1. The molecule has 0 saturated carbocycles. The molecule has 0 radical (unpaired) electrons. The second-order valence-corrected chi connectivity index (χ2v) is 8.81. The van der Waals surface area contributed by atoms with Crippen LogP contribution in [0.3, 0.4) is 0 Å². The Labute approximate surface area is 159 Å². The summed E-state index contributed by atoms with van der Waals surface area (Å²) in [6, 6.07) is 4.78. The predicted octanol–water partition coefficient (Wildman–Crippen LogP) is 3.60. The van der Waals surface area contributed by atoms with Crippen molar-refractivity contribution in [3.05, 3.63) is 34.2 Å². The zero-order valence-corrected chi connectivity index (χ0v) is 16.8. The van der Waals surface area contributed by atoms with Crippen LogP contribution in [0.2, 0.25) is 0 Å². The first-order valence-corrected chi connectivity index (χ1v) is 11.0. The number of carbonyl (C=O) groups excluding carboxylic acids is 1. The van der Waals surface area contributed by atoms with Gasteiger partial charge in [0, 0.05) is 4.88 Å². The summed E-state index contributed by atoms with van der Waals surface area (Å²) in [5.41, 5.74) is 1.90. The first-order valence-electron chi connectivity index (χ1n) is 7.92. The minimum absolute atomic E-state index is 0.0302. The van der Waals surface area contributed by atoms with Crippen LogP contribution in [-0.2, 0) is 21.2 Å². The number of sulfonamides is 1. The van der Waals surface area contributed by atoms with Gasteiger partial charge in [-0.15, -0.1) is 11.3 Å². The molecule has 0 atom stereocenters. The Balaban J connectivity index is 2.08. The third-order valence-electron chi connectivity index (χ3n) is 3.81. The Morgan fingerprint density at radius 3 is 2.73 bits per heavy atom. The van der Waals surface area contributed by atoms with Gasteiger partial charge in [0.15, 0.2) is 0 Å². The van der Waals surface area contributed by atoms with Crippen LogP contribution in [0.15, 0.2) is 23.1 Å². The van der Waals surface area contributed by atoms with Gasteiger partial charge in [-0.25, -0.2) is 13.2 Å². The molecule has 0 spiro atoms. The minimum Gasteiger partial charge on any atom is -0.462 e. The molecule has 7 nitrogen and oxygen atoms in total. The molecule has 0 amide bonds. The number of hydrogen-bond donors (Lipinski definition) is 1. The number of fused-ring (bicyclic) bond motifs is 1. The van der Waals surface area contributed by atoms with E-state index in [-0.39, 0.29) is 22.1 Å². The maximum Gasteiger partial charge on any atom is 0.341 e. The lowest BCUT2D eigenvalue weighted by atomic mass is 10.1. The Kier molecular flexibility index (Phi) is 5.26. The van der Waals surface area contributed by atoms with Crippen LogP contribution in [0.5, 0.6) is 0 Å². The zero-order valence-electron chi connectivity index (χ0n) is 14.4. The Hall–Kier alpha value is -2.04. The van der Waals surface area contributed by atoms with Crippen molar-refractivity contribution in [1.82, 2.24) is 8.75 Å². The summed E-state index contributed by atoms with van der Waals surface area (Å²) in [6.45, 7) is 5.70. The lowest BCUT2D eigenvalue weighted by Gasteiger charge is -2.10. The first-order chi connectivity index (χ1) is 12.4. The molecule has 1 N–H and O–H groups in total. The molecule has 0 aliphatic rings. The molecule has 2 heterocycles. The smallest absolute Gasteiger partial charge is 0.341 e. The van der Waals surface area contributed by atoms with E-state index >= 15 is 0 Å². The highest BCUT2D eigenvalue weighted by Gasteiger charge is 2.27. The fraction of sp³-hybridized carbons (Fsp3) is 0.312. The highest BCUT2D eigenvalue weighted by Crippen LogP contribution is 2.36. The summed E-state index contributed by atoms with van der Waals surface area (Å²) in [7, 11) is -3.94. The summed E-state index contributed by atoms with van der Waals surface area (Å²) < 4.78 is 41.7. The summed E-state index contributed by atoms with van der Waals surface area (Å²) in [6.07, 6.45) is 0.601. The van der Waals surface area contributed by atoms with Crippen molar-refractivity contribution in [1.29, 1.82) is 0 Å². The number of benzene rings is 1. The second kappa shape index (κ2) is 7.29. The van der Waals surface area contributed by atoms with Crippen molar-refractivity contribution < 1.29 is 17.9 Å². The molecule has 0 saturated heterocycles. The number of rotatable bonds is 6. The van der Waals surface area contributed by atoms with E-state index in [0.717, 1.165) is 22.2 Å².